The first-order chi connectivity index (χ1) is 10.8. The molecule has 0 radical (unpaired) electrons. The number of nitrogens with two attached hydrogens (primary N) is 1. The highest BCUT2D eigenvalue weighted by Gasteiger charge is 2.31. The molecule has 0 spiro atoms. The van der Waals surface area contributed by atoms with Crippen LogP contribution >= 0.6 is 11.6 Å². The quantitative estimate of drug-likeness (QED) is 0.634. The van der Waals surface area contributed by atoms with Crippen LogP contribution in [0.2, 0.25) is 5.02 Å². The first-order valence-corrected chi connectivity index (χ1v) is 6.85. The van der Waals surface area contributed by atoms with Crippen LogP contribution in [0.4, 0.5) is 24.5 Å². The van der Waals surface area contributed by atoms with Crippen molar-refractivity contribution < 1.29 is 18.0 Å². The Labute approximate surface area is 135 Å². The van der Waals surface area contributed by atoms with Gasteiger partial charge in [0.05, 0.1) is 5.56 Å². The maximum Gasteiger partial charge on any atom is 0.416 e. The highest BCUT2D eigenvalue weighted by molar-refractivity contribution is 6.32. The molecule has 0 aromatic heterocycles. The largest absolute Gasteiger partial charge is 0.416 e. The molecule has 0 bridgehead atoms. The van der Waals surface area contributed by atoms with Crippen molar-refractivity contribution >= 4 is 35.0 Å². The third-order valence-corrected chi connectivity index (χ3v) is 3.21. The van der Waals surface area contributed by atoms with Crippen molar-refractivity contribution in [1.82, 2.24) is 0 Å². The molecule has 7 heteroatoms. The van der Waals surface area contributed by atoms with Gasteiger partial charge >= 0.3 is 6.18 Å². The van der Waals surface area contributed by atoms with Gasteiger partial charge in [-0.2, -0.15) is 13.2 Å². The first kappa shape index (κ1) is 16.9. The molecule has 0 aliphatic carbocycles. The number of nitrogen functional groups attached to an aromatic ring is 1. The lowest BCUT2D eigenvalue weighted by atomic mass is 10.1. The van der Waals surface area contributed by atoms with Gasteiger partial charge in [-0.3, -0.25) is 4.79 Å². The van der Waals surface area contributed by atoms with E-state index >= 15 is 0 Å². The number of rotatable bonds is 3. The SMILES string of the molecule is Nc1cc(NC(=O)/C=C/c2ccccc2Cl)cc(C(F)(F)F)c1. The zero-order valence-corrected chi connectivity index (χ0v) is 12.4. The standard InChI is InChI=1S/C16H12ClF3N2O/c17-14-4-2-1-3-10(14)5-6-15(23)22-13-8-11(16(18,19)20)7-12(21)9-13/h1-9H,21H2,(H,22,23)/b6-5+. The number of amides is 1. The molecule has 2 aromatic rings. The summed E-state index contributed by atoms with van der Waals surface area (Å²) in [6, 6.07) is 9.71. The zero-order chi connectivity index (χ0) is 17.0. The number of hydrogen-bond acceptors (Lipinski definition) is 2. The van der Waals surface area contributed by atoms with Crippen molar-refractivity contribution in [2.75, 3.05) is 11.1 Å². The Morgan fingerprint density at radius 1 is 1.17 bits per heavy atom. The number of carbonyl (C=O) groups is 1. The van der Waals surface area contributed by atoms with E-state index in [0.29, 0.717) is 10.6 Å². The Kier molecular flexibility index (Phi) is 4.95. The van der Waals surface area contributed by atoms with Crippen molar-refractivity contribution in [3.05, 3.63) is 64.7 Å². The minimum Gasteiger partial charge on any atom is -0.399 e. The van der Waals surface area contributed by atoms with Crippen molar-refractivity contribution in [2.45, 2.75) is 6.18 Å². The maximum absolute atomic E-state index is 12.7. The number of carbonyl (C=O) groups excluding carboxylic acids is 1. The normalized spacial score (nSPS) is 11.7. The number of halogens is 4. The Morgan fingerprint density at radius 2 is 1.87 bits per heavy atom. The molecule has 3 nitrogen and oxygen atoms in total. The lowest BCUT2D eigenvalue weighted by molar-refractivity contribution is -0.137. The second kappa shape index (κ2) is 6.75. The van der Waals surface area contributed by atoms with E-state index in [0.717, 1.165) is 12.1 Å². The van der Waals surface area contributed by atoms with Crippen LogP contribution in [0, 0.1) is 0 Å². The van der Waals surface area contributed by atoms with Gasteiger partial charge in [-0.15, -0.1) is 0 Å². The highest BCUT2D eigenvalue weighted by Crippen LogP contribution is 2.32. The molecular weight excluding hydrogens is 329 g/mol. The van der Waals surface area contributed by atoms with Gasteiger partial charge in [0, 0.05) is 22.5 Å². The third-order valence-electron chi connectivity index (χ3n) is 2.87. The monoisotopic (exact) mass is 340 g/mol. The molecule has 0 aliphatic heterocycles. The van der Waals surface area contributed by atoms with Gasteiger partial charge in [0.2, 0.25) is 5.91 Å². The lowest BCUT2D eigenvalue weighted by Gasteiger charge is -2.10. The summed E-state index contributed by atoms with van der Waals surface area (Å²) in [7, 11) is 0. The van der Waals surface area contributed by atoms with Crippen molar-refractivity contribution in [1.29, 1.82) is 0 Å². The summed E-state index contributed by atoms with van der Waals surface area (Å²) in [6.45, 7) is 0. The van der Waals surface area contributed by atoms with Crippen LogP contribution in [0.3, 0.4) is 0 Å². The number of nitrogens with one attached hydrogen (secondary N) is 1. The highest BCUT2D eigenvalue weighted by atomic mass is 35.5. The molecule has 0 fully saturated rings. The first-order valence-electron chi connectivity index (χ1n) is 6.47. The fourth-order valence-electron chi connectivity index (χ4n) is 1.85. The van der Waals surface area contributed by atoms with Crippen LogP contribution in [0.5, 0.6) is 0 Å². The topological polar surface area (TPSA) is 55.1 Å². The third kappa shape index (κ3) is 4.75. The van der Waals surface area contributed by atoms with Gasteiger partial charge in [0.25, 0.3) is 0 Å². The minimum atomic E-state index is -4.54. The number of anilines is 2. The molecule has 2 rings (SSSR count). The van der Waals surface area contributed by atoms with E-state index in [4.69, 9.17) is 17.3 Å². The summed E-state index contributed by atoms with van der Waals surface area (Å²) in [4.78, 5) is 11.8. The number of hydrogen-bond donors (Lipinski definition) is 2. The number of benzene rings is 2. The average molecular weight is 341 g/mol. The van der Waals surface area contributed by atoms with Crippen LogP contribution in [0.15, 0.2) is 48.5 Å². The van der Waals surface area contributed by atoms with Crippen LogP contribution < -0.4 is 11.1 Å². The predicted octanol–water partition coefficient (Wildman–Crippen LogP) is 4.59. The summed E-state index contributed by atoms with van der Waals surface area (Å²) in [5, 5.41) is 2.79. The summed E-state index contributed by atoms with van der Waals surface area (Å²) < 4.78 is 38.1. The van der Waals surface area contributed by atoms with Gasteiger partial charge in [-0.05, 0) is 35.9 Å². The molecule has 0 heterocycles. The van der Waals surface area contributed by atoms with E-state index in [1.807, 2.05) is 0 Å². The lowest BCUT2D eigenvalue weighted by Crippen LogP contribution is -2.11. The van der Waals surface area contributed by atoms with Crippen LogP contribution in [-0.4, -0.2) is 5.91 Å². The van der Waals surface area contributed by atoms with Crippen molar-refractivity contribution in [3.63, 3.8) is 0 Å². The molecule has 23 heavy (non-hydrogen) atoms. The van der Waals surface area contributed by atoms with Gasteiger partial charge in [-0.25, -0.2) is 0 Å². The Bertz CT molecular complexity index is 757. The van der Waals surface area contributed by atoms with E-state index < -0.39 is 17.6 Å². The summed E-state index contributed by atoms with van der Waals surface area (Å²) in [6.07, 6.45) is -1.89. The second-order valence-electron chi connectivity index (χ2n) is 4.69. The Morgan fingerprint density at radius 3 is 2.52 bits per heavy atom. The molecule has 0 aliphatic rings. The maximum atomic E-state index is 12.7. The van der Waals surface area contributed by atoms with Gasteiger partial charge in [-0.1, -0.05) is 29.8 Å². The molecule has 0 atom stereocenters. The van der Waals surface area contributed by atoms with E-state index in [9.17, 15) is 18.0 Å². The van der Waals surface area contributed by atoms with E-state index in [-0.39, 0.29) is 11.4 Å². The van der Waals surface area contributed by atoms with Crippen molar-refractivity contribution in [3.8, 4) is 0 Å². The molecule has 0 saturated heterocycles. The smallest absolute Gasteiger partial charge is 0.399 e. The molecule has 120 valence electrons. The van der Waals surface area contributed by atoms with E-state index in [2.05, 4.69) is 5.32 Å². The van der Waals surface area contributed by atoms with Gasteiger partial charge in [0.15, 0.2) is 0 Å². The van der Waals surface area contributed by atoms with Gasteiger partial charge in [0.1, 0.15) is 0 Å². The van der Waals surface area contributed by atoms with Crippen LogP contribution in [0.1, 0.15) is 11.1 Å². The number of alkyl halides is 3. The molecule has 0 saturated carbocycles. The van der Waals surface area contributed by atoms with Crippen LogP contribution in [0.25, 0.3) is 6.08 Å². The Hall–Kier alpha value is -2.47. The molecule has 1 amide bonds. The van der Waals surface area contributed by atoms with E-state index in [1.165, 1.54) is 18.2 Å². The molecule has 0 unspecified atom stereocenters. The molecule has 2 aromatic carbocycles. The van der Waals surface area contributed by atoms with Crippen molar-refractivity contribution in [2.24, 2.45) is 0 Å². The zero-order valence-electron chi connectivity index (χ0n) is 11.7. The average Bonchev–Trinajstić information content (AvgIpc) is 2.45. The Balaban J connectivity index is 2.15. The van der Waals surface area contributed by atoms with E-state index in [1.54, 1.807) is 24.3 Å². The summed E-state index contributed by atoms with van der Waals surface area (Å²) in [5.41, 5.74) is 4.99. The fraction of sp³-hybridized carbons (Fsp3) is 0.0625. The second-order valence-corrected chi connectivity index (χ2v) is 5.09. The molecule has 3 N–H and O–H groups in total. The predicted molar refractivity (Wildman–Crippen MR) is 85.0 cm³/mol. The van der Waals surface area contributed by atoms with Crippen LogP contribution in [-0.2, 0) is 11.0 Å². The summed E-state index contributed by atoms with van der Waals surface area (Å²) in [5.74, 6) is -0.594. The van der Waals surface area contributed by atoms with Gasteiger partial charge < -0.3 is 11.1 Å². The summed E-state index contributed by atoms with van der Waals surface area (Å²) >= 11 is 5.94. The fourth-order valence-corrected chi connectivity index (χ4v) is 2.05. The molecular formula is C16H12ClF3N2O. The minimum absolute atomic E-state index is 0.0360.